The van der Waals surface area contributed by atoms with E-state index in [0.717, 1.165) is 0 Å². The van der Waals surface area contributed by atoms with E-state index in [-0.39, 0.29) is 0 Å². The summed E-state index contributed by atoms with van der Waals surface area (Å²) in [6, 6.07) is 10.0. The number of aromatic nitrogens is 1. The number of piperidine rings is 1. The molecule has 2 nitrogen and oxygen atoms in total. The molecule has 0 radical (unpaired) electrons. The van der Waals surface area contributed by atoms with Crippen molar-refractivity contribution in [3.05, 3.63) is 35.5 Å². The largest absolute Gasteiger partial charge is 0.358 e. The summed E-state index contributed by atoms with van der Waals surface area (Å²) >= 11 is 0. The molecule has 2 aliphatic rings. The molecular formula is C14H16N2. The molecule has 4 rings (SSSR count). The Morgan fingerprint density at radius 1 is 1.12 bits per heavy atom. The monoisotopic (exact) mass is 212 g/mol. The highest BCUT2D eigenvalue weighted by atomic mass is 15.0. The van der Waals surface area contributed by atoms with E-state index in [9.17, 15) is 0 Å². The SMILES string of the molecule is c1ccc2c3c([nH]c2c1)CC1CCCC3N1. The molecule has 16 heavy (non-hydrogen) atoms. The van der Waals surface area contributed by atoms with Gasteiger partial charge in [-0.05, 0) is 30.9 Å². The normalized spacial score (nSPS) is 28.0. The van der Waals surface area contributed by atoms with Crippen molar-refractivity contribution in [3.8, 4) is 0 Å². The van der Waals surface area contributed by atoms with E-state index in [1.807, 2.05) is 0 Å². The number of hydrogen-bond donors (Lipinski definition) is 2. The van der Waals surface area contributed by atoms with Crippen LogP contribution in [-0.2, 0) is 6.42 Å². The highest BCUT2D eigenvalue weighted by molar-refractivity contribution is 5.85. The van der Waals surface area contributed by atoms with Crippen molar-refractivity contribution < 1.29 is 0 Å². The van der Waals surface area contributed by atoms with E-state index in [2.05, 4.69) is 34.6 Å². The molecule has 2 heteroatoms. The molecule has 1 aromatic heterocycles. The summed E-state index contributed by atoms with van der Waals surface area (Å²) in [5.74, 6) is 0. The number of nitrogens with one attached hydrogen (secondary N) is 2. The summed E-state index contributed by atoms with van der Waals surface area (Å²) < 4.78 is 0. The molecule has 2 N–H and O–H groups in total. The Morgan fingerprint density at radius 2 is 2.06 bits per heavy atom. The molecule has 2 bridgehead atoms. The number of H-pyrrole nitrogens is 1. The predicted molar refractivity (Wildman–Crippen MR) is 65.5 cm³/mol. The highest BCUT2D eigenvalue weighted by Crippen LogP contribution is 2.38. The average molecular weight is 212 g/mol. The lowest BCUT2D eigenvalue weighted by Gasteiger charge is -2.36. The Kier molecular flexibility index (Phi) is 1.71. The lowest BCUT2D eigenvalue weighted by Crippen LogP contribution is -2.42. The van der Waals surface area contributed by atoms with Gasteiger partial charge in [0.25, 0.3) is 0 Å². The third-order valence-electron chi connectivity index (χ3n) is 4.11. The maximum absolute atomic E-state index is 3.77. The fraction of sp³-hybridized carbons (Fsp3) is 0.429. The van der Waals surface area contributed by atoms with Crippen LogP contribution in [0.1, 0.15) is 36.6 Å². The van der Waals surface area contributed by atoms with E-state index >= 15 is 0 Å². The Morgan fingerprint density at radius 3 is 3.06 bits per heavy atom. The second-order valence-corrected chi connectivity index (χ2v) is 5.11. The Hall–Kier alpha value is -1.28. The first-order valence-corrected chi connectivity index (χ1v) is 6.27. The smallest absolute Gasteiger partial charge is 0.0459 e. The van der Waals surface area contributed by atoms with Crippen LogP contribution < -0.4 is 5.32 Å². The second-order valence-electron chi connectivity index (χ2n) is 5.11. The average Bonchev–Trinajstić information content (AvgIpc) is 2.67. The van der Waals surface area contributed by atoms with Crippen LogP contribution in [0.5, 0.6) is 0 Å². The summed E-state index contributed by atoms with van der Waals surface area (Å²) in [6.45, 7) is 0. The molecule has 3 heterocycles. The van der Waals surface area contributed by atoms with Gasteiger partial charge < -0.3 is 10.3 Å². The fourth-order valence-electron chi connectivity index (χ4n) is 3.43. The summed E-state index contributed by atoms with van der Waals surface area (Å²) in [5.41, 5.74) is 4.34. The minimum atomic E-state index is 0.596. The van der Waals surface area contributed by atoms with Crippen LogP contribution in [0.15, 0.2) is 24.3 Å². The molecule has 0 amide bonds. The number of fused-ring (bicyclic) bond motifs is 6. The fourth-order valence-corrected chi connectivity index (χ4v) is 3.43. The van der Waals surface area contributed by atoms with E-state index in [4.69, 9.17) is 0 Å². The molecule has 2 aromatic rings. The van der Waals surface area contributed by atoms with Crippen LogP contribution in [0.3, 0.4) is 0 Å². The molecule has 2 aliphatic heterocycles. The lowest BCUT2D eigenvalue weighted by atomic mass is 9.84. The highest BCUT2D eigenvalue weighted by Gasteiger charge is 2.31. The first kappa shape index (κ1) is 8.82. The summed E-state index contributed by atoms with van der Waals surface area (Å²) in [4.78, 5) is 3.60. The maximum atomic E-state index is 3.77. The predicted octanol–water partition coefficient (Wildman–Crippen LogP) is 2.91. The minimum absolute atomic E-state index is 0.596. The zero-order valence-corrected chi connectivity index (χ0v) is 9.29. The van der Waals surface area contributed by atoms with Gasteiger partial charge in [0.15, 0.2) is 0 Å². The van der Waals surface area contributed by atoms with Crippen molar-refractivity contribution in [2.45, 2.75) is 37.8 Å². The number of aromatic amines is 1. The van der Waals surface area contributed by atoms with Crippen LogP contribution in [0, 0.1) is 0 Å². The van der Waals surface area contributed by atoms with Crippen LogP contribution >= 0.6 is 0 Å². The van der Waals surface area contributed by atoms with Gasteiger partial charge in [-0.15, -0.1) is 0 Å². The van der Waals surface area contributed by atoms with Gasteiger partial charge in [0, 0.05) is 35.1 Å². The van der Waals surface area contributed by atoms with Crippen LogP contribution in [0.2, 0.25) is 0 Å². The van der Waals surface area contributed by atoms with Crippen LogP contribution in [-0.4, -0.2) is 11.0 Å². The van der Waals surface area contributed by atoms with Gasteiger partial charge in [-0.1, -0.05) is 18.2 Å². The zero-order chi connectivity index (χ0) is 10.5. The number of benzene rings is 1. The summed E-state index contributed by atoms with van der Waals surface area (Å²) in [5, 5.41) is 5.19. The molecule has 0 spiro atoms. The van der Waals surface area contributed by atoms with E-state index in [1.165, 1.54) is 42.3 Å². The van der Waals surface area contributed by atoms with Gasteiger partial charge in [-0.3, -0.25) is 0 Å². The van der Waals surface area contributed by atoms with Crippen molar-refractivity contribution in [2.24, 2.45) is 0 Å². The molecule has 1 fully saturated rings. The molecule has 2 unspecified atom stereocenters. The van der Waals surface area contributed by atoms with Crippen molar-refractivity contribution in [1.29, 1.82) is 0 Å². The van der Waals surface area contributed by atoms with Crippen molar-refractivity contribution >= 4 is 10.9 Å². The minimum Gasteiger partial charge on any atom is -0.358 e. The molecule has 2 atom stereocenters. The van der Waals surface area contributed by atoms with Gasteiger partial charge in [-0.2, -0.15) is 0 Å². The molecule has 0 aliphatic carbocycles. The van der Waals surface area contributed by atoms with Gasteiger partial charge in [0.05, 0.1) is 0 Å². The van der Waals surface area contributed by atoms with Crippen molar-refractivity contribution in [3.63, 3.8) is 0 Å². The van der Waals surface area contributed by atoms with Gasteiger partial charge in [0.2, 0.25) is 0 Å². The zero-order valence-electron chi connectivity index (χ0n) is 9.29. The topological polar surface area (TPSA) is 27.8 Å². The second kappa shape index (κ2) is 3.11. The quantitative estimate of drug-likeness (QED) is 0.690. The van der Waals surface area contributed by atoms with Crippen LogP contribution in [0.4, 0.5) is 0 Å². The molecule has 1 aromatic carbocycles. The molecule has 1 saturated heterocycles. The Balaban J connectivity index is 1.98. The third-order valence-corrected chi connectivity index (χ3v) is 4.11. The van der Waals surface area contributed by atoms with Crippen molar-refractivity contribution in [1.82, 2.24) is 10.3 Å². The molecular weight excluding hydrogens is 196 g/mol. The summed E-state index contributed by atoms with van der Waals surface area (Å²) in [6.07, 6.45) is 5.19. The van der Waals surface area contributed by atoms with Gasteiger partial charge >= 0.3 is 0 Å². The van der Waals surface area contributed by atoms with E-state index in [0.29, 0.717) is 12.1 Å². The third kappa shape index (κ3) is 1.11. The van der Waals surface area contributed by atoms with E-state index < -0.39 is 0 Å². The lowest BCUT2D eigenvalue weighted by molar-refractivity contribution is 0.302. The van der Waals surface area contributed by atoms with Crippen molar-refractivity contribution in [2.75, 3.05) is 0 Å². The number of para-hydroxylation sites is 1. The Bertz CT molecular complexity index is 541. The number of rotatable bonds is 0. The first-order chi connectivity index (χ1) is 7.92. The van der Waals surface area contributed by atoms with Gasteiger partial charge in [0.1, 0.15) is 0 Å². The maximum Gasteiger partial charge on any atom is 0.0459 e. The van der Waals surface area contributed by atoms with E-state index in [1.54, 1.807) is 5.56 Å². The first-order valence-electron chi connectivity index (χ1n) is 6.27. The molecule has 82 valence electrons. The van der Waals surface area contributed by atoms with Crippen LogP contribution in [0.25, 0.3) is 10.9 Å². The standard InChI is InChI=1S/C14H16N2/c1-2-6-11-10(5-1)14-12-7-3-4-9(15-12)8-13(14)16-11/h1-2,5-6,9,12,15-16H,3-4,7-8H2. The number of hydrogen-bond acceptors (Lipinski definition) is 1. The Labute approximate surface area is 95.1 Å². The summed E-state index contributed by atoms with van der Waals surface area (Å²) in [7, 11) is 0. The van der Waals surface area contributed by atoms with Gasteiger partial charge in [-0.25, -0.2) is 0 Å². The molecule has 0 saturated carbocycles.